The molecule has 0 aromatic rings. The lowest BCUT2D eigenvalue weighted by Crippen LogP contribution is -2.48. The fourth-order valence-corrected chi connectivity index (χ4v) is 4.73. The van der Waals surface area contributed by atoms with Gasteiger partial charge in [0.15, 0.2) is 9.84 Å². The average Bonchev–Trinajstić information content (AvgIpc) is 3.06. The first kappa shape index (κ1) is 17.3. The Morgan fingerprint density at radius 2 is 1.95 bits per heavy atom. The van der Waals surface area contributed by atoms with E-state index in [-0.39, 0.29) is 23.6 Å². The number of hydrogen-bond acceptors (Lipinski definition) is 4. The Morgan fingerprint density at radius 3 is 2.50 bits per heavy atom. The van der Waals surface area contributed by atoms with Crippen molar-refractivity contribution in [3.8, 4) is 0 Å². The first-order chi connectivity index (χ1) is 10.4. The van der Waals surface area contributed by atoms with Gasteiger partial charge in [0.25, 0.3) is 0 Å². The molecular weight excluding hydrogens is 302 g/mol. The number of allylic oxidation sites excluding steroid dienone is 1. The minimum absolute atomic E-state index is 0.0877. The van der Waals surface area contributed by atoms with Crippen molar-refractivity contribution < 1.29 is 13.2 Å². The maximum absolute atomic E-state index is 12.5. The van der Waals surface area contributed by atoms with Gasteiger partial charge >= 0.3 is 6.03 Å². The predicted octanol–water partition coefficient (Wildman–Crippen LogP) is 1.20. The molecule has 1 saturated heterocycles. The fourth-order valence-electron chi connectivity index (χ4n) is 3.00. The Balaban J connectivity index is 1.99. The van der Waals surface area contributed by atoms with Gasteiger partial charge in [0.1, 0.15) is 0 Å². The van der Waals surface area contributed by atoms with Gasteiger partial charge < -0.3 is 15.1 Å². The highest BCUT2D eigenvalue weighted by Crippen LogP contribution is 2.23. The van der Waals surface area contributed by atoms with Crippen molar-refractivity contribution in [3.05, 3.63) is 11.8 Å². The van der Waals surface area contributed by atoms with Gasteiger partial charge in [-0.1, -0.05) is 5.57 Å². The van der Waals surface area contributed by atoms with Gasteiger partial charge in [-0.05, 0) is 46.2 Å². The molecule has 1 aliphatic carbocycles. The van der Waals surface area contributed by atoms with Crippen LogP contribution in [0.4, 0.5) is 4.79 Å². The van der Waals surface area contributed by atoms with Crippen molar-refractivity contribution in [2.75, 3.05) is 38.7 Å². The Labute approximate surface area is 133 Å². The van der Waals surface area contributed by atoms with E-state index in [1.807, 2.05) is 25.2 Å². The number of hydrogen-bond donors (Lipinski definition) is 1. The number of amides is 2. The molecule has 1 atom stereocenters. The summed E-state index contributed by atoms with van der Waals surface area (Å²) in [7, 11) is 0.899. The third kappa shape index (κ3) is 4.98. The number of carbonyl (C=O) groups is 1. The van der Waals surface area contributed by atoms with Gasteiger partial charge in [-0.15, -0.1) is 0 Å². The number of urea groups is 1. The van der Waals surface area contributed by atoms with Crippen LogP contribution in [0.1, 0.15) is 32.1 Å². The number of likely N-dealkylation sites (N-methyl/N-ethyl adjacent to an activating group) is 1. The SMILES string of the molecule is CN(C)CCN(C(=O)NC=C1CCCC1)C1CCS(=O)(=O)C1. The molecule has 1 unspecified atom stereocenters. The predicted molar refractivity (Wildman–Crippen MR) is 87.4 cm³/mol. The molecule has 0 radical (unpaired) electrons. The van der Waals surface area contributed by atoms with Crippen molar-refractivity contribution in [2.45, 2.75) is 38.1 Å². The highest BCUT2D eigenvalue weighted by molar-refractivity contribution is 7.91. The number of sulfone groups is 1. The van der Waals surface area contributed by atoms with Gasteiger partial charge in [-0.3, -0.25) is 0 Å². The topological polar surface area (TPSA) is 69.7 Å². The summed E-state index contributed by atoms with van der Waals surface area (Å²) in [6.45, 7) is 1.27. The third-order valence-electron chi connectivity index (χ3n) is 4.34. The molecule has 2 rings (SSSR count). The molecule has 1 N–H and O–H groups in total. The Kier molecular flexibility index (Phi) is 5.86. The molecule has 0 spiro atoms. The van der Waals surface area contributed by atoms with Crippen LogP contribution >= 0.6 is 0 Å². The van der Waals surface area contributed by atoms with E-state index in [0.29, 0.717) is 13.0 Å². The van der Waals surface area contributed by atoms with E-state index in [0.717, 1.165) is 19.4 Å². The summed E-state index contributed by atoms with van der Waals surface area (Å²) < 4.78 is 23.4. The second-order valence-corrected chi connectivity index (χ2v) is 8.74. The van der Waals surface area contributed by atoms with Crippen molar-refractivity contribution in [2.24, 2.45) is 0 Å². The monoisotopic (exact) mass is 329 g/mol. The zero-order valence-electron chi connectivity index (χ0n) is 13.5. The van der Waals surface area contributed by atoms with E-state index in [1.165, 1.54) is 18.4 Å². The van der Waals surface area contributed by atoms with Crippen LogP contribution in [-0.4, -0.2) is 69.0 Å². The normalized spacial score (nSPS) is 23.8. The van der Waals surface area contributed by atoms with Gasteiger partial charge in [-0.25, -0.2) is 13.2 Å². The number of nitrogens with one attached hydrogen (secondary N) is 1. The summed E-state index contributed by atoms with van der Waals surface area (Å²) in [5, 5.41) is 2.86. The molecule has 0 bridgehead atoms. The molecule has 6 nitrogen and oxygen atoms in total. The molecule has 2 amide bonds. The zero-order chi connectivity index (χ0) is 16.2. The molecular formula is C15H27N3O3S. The summed E-state index contributed by atoms with van der Waals surface area (Å²) in [6.07, 6.45) is 6.84. The lowest BCUT2D eigenvalue weighted by Gasteiger charge is -2.29. The molecule has 126 valence electrons. The summed E-state index contributed by atoms with van der Waals surface area (Å²) in [6, 6.07) is -0.379. The quantitative estimate of drug-likeness (QED) is 0.823. The summed E-state index contributed by atoms with van der Waals surface area (Å²) >= 11 is 0. The minimum Gasteiger partial charge on any atom is -0.319 e. The summed E-state index contributed by atoms with van der Waals surface area (Å²) in [4.78, 5) is 16.2. The highest BCUT2D eigenvalue weighted by atomic mass is 32.2. The van der Waals surface area contributed by atoms with Crippen LogP contribution in [0.3, 0.4) is 0 Å². The maximum Gasteiger partial charge on any atom is 0.321 e. The van der Waals surface area contributed by atoms with Crippen LogP contribution in [0.2, 0.25) is 0 Å². The average molecular weight is 329 g/mol. The van der Waals surface area contributed by atoms with Crippen molar-refractivity contribution in [1.29, 1.82) is 0 Å². The van der Waals surface area contributed by atoms with E-state index in [9.17, 15) is 13.2 Å². The van der Waals surface area contributed by atoms with Crippen LogP contribution < -0.4 is 5.32 Å². The maximum atomic E-state index is 12.5. The summed E-state index contributed by atoms with van der Waals surface area (Å²) in [5.74, 6) is 0.273. The zero-order valence-corrected chi connectivity index (χ0v) is 14.4. The van der Waals surface area contributed by atoms with Crippen LogP contribution in [0.5, 0.6) is 0 Å². The fraction of sp³-hybridized carbons (Fsp3) is 0.800. The number of carbonyl (C=O) groups excluding carboxylic acids is 1. The van der Waals surface area contributed by atoms with E-state index in [4.69, 9.17) is 0 Å². The van der Waals surface area contributed by atoms with E-state index in [1.54, 1.807) is 4.90 Å². The molecule has 2 aliphatic rings. The van der Waals surface area contributed by atoms with Crippen LogP contribution in [0.25, 0.3) is 0 Å². The van der Waals surface area contributed by atoms with E-state index < -0.39 is 9.84 Å². The molecule has 7 heteroatoms. The molecule has 0 aromatic carbocycles. The molecule has 2 fully saturated rings. The van der Waals surface area contributed by atoms with E-state index in [2.05, 4.69) is 5.32 Å². The Morgan fingerprint density at radius 1 is 1.27 bits per heavy atom. The van der Waals surface area contributed by atoms with Gasteiger partial charge in [0, 0.05) is 25.3 Å². The van der Waals surface area contributed by atoms with Crippen LogP contribution in [-0.2, 0) is 9.84 Å². The first-order valence-corrected chi connectivity index (χ1v) is 9.80. The summed E-state index contributed by atoms with van der Waals surface area (Å²) in [5.41, 5.74) is 1.28. The van der Waals surface area contributed by atoms with Crippen LogP contribution in [0, 0.1) is 0 Å². The standard InChI is InChI=1S/C15H27N3O3S/c1-17(2)8-9-18(14-7-10-22(20,21)12-14)15(19)16-11-13-5-3-4-6-13/h11,14H,3-10,12H2,1-2H3,(H,16,19). The molecule has 22 heavy (non-hydrogen) atoms. The van der Waals surface area contributed by atoms with Crippen molar-refractivity contribution in [1.82, 2.24) is 15.1 Å². The second kappa shape index (κ2) is 7.46. The molecule has 1 heterocycles. The van der Waals surface area contributed by atoms with E-state index >= 15 is 0 Å². The minimum atomic E-state index is -2.99. The lowest BCUT2D eigenvalue weighted by molar-refractivity contribution is 0.176. The smallest absolute Gasteiger partial charge is 0.319 e. The highest BCUT2D eigenvalue weighted by Gasteiger charge is 2.34. The molecule has 1 aliphatic heterocycles. The third-order valence-corrected chi connectivity index (χ3v) is 6.09. The second-order valence-electron chi connectivity index (χ2n) is 6.51. The van der Waals surface area contributed by atoms with Crippen molar-refractivity contribution >= 4 is 15.9 Å². The lowest BCUT2D eigenvalue weighted by atomic mass is 10.2. The van der Waals surface area contributed by atoms with Gasteiger partial charge in [-0.2, -0.15) is 0 Å². The largest absolute Gasteiger partial charge is 0.321 e. The number of rotatable bonds is 5. The Bertz CT molecular complexity index is 520. The van der Waals surface area contributed by atoms with Crippen molar-refractivity contribution in [3.63, 3.8) is 0 Å². The molecule has 1 saturated carbocycles. The Hall–Kier alpha value is -1.08. The van der Waals surface area contributed by atoms with Gasteiger partial charge in [0.2, 0.25) is 0 Å². The number of nitrogens with zero attached hydrogens (tertiary/aromatic N) is 2. The first-order valence-electron chi connectivity index (χ1n) is 7.97. The van der Waals surface area contributed by atoms with Crippen LogP contribution in [0.15, 0.2) is 11.8 Å². The van der Waals surface area contributed by atoms with Gasteiger partial charge in [0.05, 0.1) is 11.5 Å². The molecule has 0 aromatic heterocycles.